The van der Waals surface area contributed by atoms with Crippen molar-refractivity contribution in [1.82, 2.24) is 4.98 Å². The van der Waals surface area contributed by atoms with Gasteiger partial charge in [-0.05, 0) is 50.2 Å². The Labute approximate surface area is 152 Å². The minimum Gasteiger partial charge on any atom is -0.494 e. The van der Waals surface area contributed by atoms with Crippen LogP contribution in [0.25, 0.3) is 11.5 Å². The first-order valence-corrected chi connectivity index (χ1v) is 9.67. The lowest BCUT2D eigenvalue weighted by Crippen LogP contribution is -2.05. The van der Waals surface area contributed by atoms with Gasteiger partial charge in [0.05, 0.1) is 11.5 Å². The molecule has 0 atom stereocenters. The van der Waals surface area contributed by atoms with Gasteiger partial charge in [0.2, 0.25) is 26.6 Å². The second-order valence-electron chi connectivity index (χ2n) is 5.68. The van der Waals surface area contributed by atoms with Crippen LogP contribution < -0.4 is 10.1 Å². The van der Waals surface area contributed by atoms with Crippen LogP contribution in [0.1, 0.15) is 12.5 Å². The second kappa shape index (κ2) is 7.21. The van der Waals surface area contributed by atoms with E-state index in [1.807, 2.05) is 13.8 Å². The highest BCUT2D eigenvalue weighted by Gasteiger charge is 2.28. The third-order valence-corrected chi connectivity index (χ3v) is 5.50. The molecule has 1 heterocycles. The minimum atomic E-state index is -3.79. The Morgan fingerprint density at radius 1 is 1.08 bits per heavy atom. The number of ether oxygens (including phenoxy) is 1. The molecule has 0 aliphatic carbocycles. The predicted molar refractivity (Wildman–Crippen MR) is 99.3 cm³/mol. The van der Waals surface area contributed by atoms with E-state index in [2.05, 4.69) is 10.3 Å². The van der Waals surface area contributed by atoms with Crippen molar-refractivity contribution in [3.05, 3.63) is 54.1 Å². The number of aryl methyl sites for hydroxylation is 1. The molecule has 7 heteroatoms. The second-order valence-corrected chi connectivity index (χ2v) is 7.54. The Bertz CT molecular complexity index is 991. The van der Waals surface area contributed by atoms with Gasteiger partial charge in [0.15, 0.2) is 0 Å². The van der Waals surface area contributed by atoms with Crippen molar-refractivity contribution >= 4 is 15.7 Å². The summed E-state index contributed by atoms with van der Waals surface area (Å²) in [5, 5.41) is 2.64. The van der Waals surface area contributed by atoms with Crippen molar-refractivity contribution in [1.29, 1.82) is 0 Å². The fourth-order valence-electron chi connectivity index (χ4n) is 2.46. The number of aromatic nitrogens is 1. The molecule has 0 radical (unpaired) electrons. The zero-order valence-electron chi connectivity index (χ0n) is 14.8. The number of hydrogen-bond acceptors (Lipinski definition) is 6. The molecule has 0 bridgehead atoms. The summed E-state index contributed by atoms with van der Waals surface area (Å²) in [4.78, 5) is 4.41. The normalized spacial score (nSPS) is 11.3. The van der Waals surface area contributed by atoms with Crippen LogP contribution in [0.4, 0.5) is 5.88 Å². The molecule has 0 aliphatic rings. The van der Waals surface area contributed by atoms with Gasteiger partial charge >= 0.3 is 0 Å². The van der Waals surface area contributed by atoms with Gasteiger partial charge in [-0.1, -0.05) is 17.7 Å². The van der Waals surface area contributed by atoms with Gasteiger partial charge in [-0.25, -0.2) is 8.42 Å². The van der Waals surface area contributed by atoms with Gasteiger partial charge in [-0.2, -0.15) is 4.98 Å². The summed E-state index contributed by atoms with van der Waals surface area (Å²) in [6, 6.07) is 13.8. The Kier molecular flexibility index (Phi) is 4.99. The average Bonchev–Trinajstić information content (AvgIpc) is 3.08. The number of hydrogen-bond donors (Lipinski definition) is 1. The Hall–Kier alpha value is -2.80. The Balaban J connectivity index is 2.02. The molecule has 26 heavy (non-hydrogen) atoms. The van der Waals surface area contributed by atoms with Crippen LogP contribution in [0.2, 0.25) is 0 Å². The molecule has 0 saturated heterocycles. The fraction of sp³-hybridized carbons (Fsp3) is 0.211. The summed E-state index contributed by atoms with van der Waals surface area (Å²) in [5.74, 6) is 1.06. The summed E-state index contributed by atoms with van der Waals surface area (Å²) in [5.41, 5.74) is 1.64. The molecule has 1 N–H and O–H groups in total. The lowest BCUT2D eigenvalue weighted by Gasteiger charge is -2.03. The molecule has 0 spiro atoms. The SMILES string of the molecule is CCOc1ccc(-c2nc(S(=O)(=O)c3ccc(C)cc3)c(NC)o2)cc1. The van der Waals surface area contributed by atoms with Crippen molar-refractivity contribution in [3.8, 4) is 17.2 Å². The molecule has 3 aromatic rings. The zero-order chi connectivity index (χ0) is 18.7. The molecule has 0 unspecified atom stereocenters. The summed E-state index contributed by atoms with van der Waals surface area (Å²) >= 11 is 0. The zero-order valence-corrected chi connectivity index (χ0v) is 15.6. The van der Waals surface area contributed by atoms with Gasteiger partial charge in [0.1, 0.15) is 5.75 Å². The number of nitrogens with zero attached hydrogens (tertiary/aromatic N) is 1. The molecule has 136 valence electrons. The Morgan fingerprint density at radius 2 is 1.73 bits per heavy atom. The average molecular weight is 372 g/mol. The maximum atomic E-state index is 12.9. The molecule has 6 nitrogen and oxygen atoms in total. The first-order chi connectivity index (χ1) is 12.5. The van der Waals surface area contributed by atoms with Gasteiger partial charge in [-0.15, -0.1) is 0 Å². The summed E-state index contributed by atoms with van der Waals surface area (Å²) in [6.45, 7) is 4.38. The lowest BCUT2D eigenvalue weighted by atomic mass is 10.2. The molecule has 3 rings (SSSR count). The van der Waals surface area contributed by atoms with Crippen LogP contribution in [-0.4, -0.2) is 27.1 Å². The molecule has 0 aliphatic heterocycles. The summed E-state index contributed by atoms with van der Waals surface area (Å²) in [7, 11) is -2.20. The number of nitrogens with one attached hydrogen (secondary N) is 1. The number of oxazole rings is 1. The van der Waals surface area contributed by atoms with Gasteiger partial charge in [0, 0.05) is 12.6 Å². The van der Waals surface area contributed by atoms with E-state index in [-0.39, 0.29) is 21.7 Å². The van der Waals surface area contributed by atoms with Crippen molar-refractivity contribution in [3.63, 3.8) is 0 Å². The van der Waals surface area contributed by atoms with E-state index >= 15 is 0 Å². The Morgan fingerprint density at radius 3 is 2.31 bits per heavy atom. The maximum absolute atomic E-state index is 12.9. The summed E-state index contributed by atoms with van der Waals surface area (Å²) in [6.07, 6.45) is 0. The highest BCUT2D eigenvalue weighted by molar-refractivity contribution is 7.91. The van der Waals surface area contributed by atoms with Crippen LogP contribution in [0, 0.1) is 6.92 Å². The van der Waals surface area contributed by atoms with E-state index in [4.69, 9.17) is 9.15 Å². The lowest BCUT2D eigenvalue weighted by molar-refractivity contribution is 0.340. The first-order valence-electron chi connectivity index (χ1n) is 8.19. The van der Waals surface area contributed by atoms with Crippen LogP contribution in [0.5, 0.6) is 5.75 Å². The molecular formula is C19H20N2O4S. The highest BCUT2D eigenvalue weighted by atomic mass is 32.2. The standard InChI is InChI=1S/C19H20N2O4S/c1-4-24-15-9-7-14(8-10-15)17-21-19(18(20-3)25-17)26(22,23)16-11-5-13(2)6-12-16/h5-12,20H,4H2,1-3H3. The third-order valence-electron chi connectivity index (χ3n) is 3.82. The molecule has 0 fully saturated rings. The van der Waals surface area contributed by atoms with Crippen LogP contribution in [0.15, 0.2) is 62.9 Å². The van der Waals surface area contributed by atoms with E-state index in [0.29, 0.717) is 12.2 Å². The maximum Gasteiger partial charge on any atom is 0.233 e. The monoisotopic (exact) mass is 372 g/mol. The van der Waals surface area contributed by atoms with E-state index in [1.165, 1.54) is 0 Å². The molecule has 0 saturated carbocycles. The quantitative estimate of drug-likeness (QED) is 0.706. The number of anilines is 1. The molecule has 1 aromatic heterocycles. The van der Waals surface area contributed by atoms with Crippen LogP contribution in [0.3, 0.4) is 0 Å². The van der Waals surface area contributed by atoms with E-state index in [9.17, 15) is 8.42 Å². The van der Waals surface area contributed by atoms with Crippen molar-refractivity contribution in [2.45, 2.75) is 23.8 Å². The van der Waals surface area contributed by atoms with Gasteiger partial charge < -0.3 is 14.5 Å². The summed E-state index contributed by atoms with van der Waals surface area (Å²) < 4.78 is 36.9. The number of sulfone groups is 1. The largest absolute Gasteiger partial charge is 0.494 e. The molecular weight excluding hydrogens is 352 g/mol. The van der Waals surface area contributed by atoms with Crippen molar-refractivity contribution in [2.75, 3.05) is 19.0 Å². The molecule has 0 amide bonds. The van der Waals surface area contributed by atoms with E-state index in [0.717, 1.165) is 11.3 Å². The van der Waals surface area contributed by atoms with E-state index < -0.39 is 9.84 Å². The highest BCUT2D eigenvalue weighted by Crippen LogP contribution is 2.32. The topological polar surface area (TPSA) is 81.4 Å². The number of benzene rings is 2. The minimum absolute atomic E-state index is 0.106. The van der Waals surface area contributed by atoms with Gasteiger partial charge in [0.25, 0.3) is 0 Å². The van der Waals surface area contributed by atoms with Crippen molar-refractivity contribution in [2.24, 2.45) is 0 Å². The smallest absolute Gasteiger partial charge is 0.233 e. The first kappa shape index (κ1) is 18.0. The molecule has 2 aromatic carbocycles. The van der Waals surface area contributed by atoms with Crippen LogP contribution in [-0.2, 0) is 9.84 Å². The predicted octanol–water partition coefficient (Wildman–Crippen LogP) is 3.92. The fourth-order valence-corrected chi connectivity index (χ4v) is 3.77. The van der Waals surface area contributed by atoms with Gasteiger partial charge in [-0.3, -0.25) is 0 Å². The number of rotatable bonds is 6. The van der Waals surface area contributed by atoms with Crippen LogP contribution >= 0.6 is 0 Å². The third kappa shape index (κ3) is 3.43. The van der Waals surface area contributed by atoms with Crippen molar-refractivity contribution < 1.29 is 17.6 Å². The van der Waals surface area contributed by atoms with E-state index in [1.54, 1.807) is 55.6 Å².